The van der Waals surface area contributed by atoms with Gasteiger partial charge >= 0.3 is 0 Å². The van der Waals surface area contributed by atoms with Crippen molar-refractivity contribution in [3.05, 3.63) is 42.0 Å². The first-order chi connectivity index (χ1) is 6.86. The molecule has 76 valence electrons. The highest BCUT2D eigenvalue weighted by atomic mass is 33.1. The standard InChI is InChI=1S/C11H14S3/c1-2-10-3-5-11(6-4-10)9-13-7-8-14-12/h2-6,12H,1,7-9H2. The summed E-state index contributed by atoms with van der Waals surface area (Å²) < 4.78 is 0. The highest BCUT2D eigenvalue weighted by Crippen LogP contribution is 2.16. The minimum Gasteiger partial charge on any atom is -0.156 e. The van der Waals surface area contributed by atoms with Crippen LogP contribution in [0, 0.1) is 0 Å². The van der Waals surface area contributed by atoms with Crippen molar-refractivity contribution in [2.75, 3.05) is 11.5 Å². The molecule has 0 bridgehead atoms. The Bertz CT molecular complexity index is 266. The number of thiol groups is 1. The summed E-state index contributed by atoms with van der Waals surface area (Å²) in [6.07, 6.45) is 1.87. The Labute approximate surface area is 99.4 Å². The lowest BCUT2D eigenvalue weighted by molar-refractivity contribution is 1.39. The van der Waals surface area contributed by atoms with E-state index in [4.69, 9.17) is 0 Å². The van der Waals surface area contributed by atoms with Crippen LogP contribution in [0.4, 0.5) is 0 Å². The fraction of sp³-hybridized carbons (Fsp3) is 0.273. The third-order valence-electron chi connectivity index (χ3n) is 1.80. The van der Waals surface area contributed by atoms with Gasteiger partial charge in [-0.2, -0.15) is 11.8 Å². The molecule has 1 rings (SSSR count). The van der Waals surface area contributed by atoms with Gasteiger partial charge in [-0.1, -0.05) is 47.7 Å². The van der Waals surface area contributed by atoms with Gasteiger partial charge in [-0.05, 0) is 11.1 Å². The molecule has 0 amide bonds. The fourth-order valence-electron chi connectivity index (χ4n) is 1.04. The second-order valence-electron chi connectivity index (χ2n) is 2.83. The first-order valence-corrected chi connectivity index (χ1v) is 7.61. The van der Waals surface area contributed by atoms with Crippen LogP contribution in [-0.4, -0.2) is 11.5 Å². The van der Waals surface area contributed by atoms with Crippen LogP contribution in [0.1, 0.15) is 11.1 Å². The molecule has 0 nitrogen and oxygen atoms in total. The zero-order chi connectivity index (χ0) is 10.2. The third-order valence-corrected chi connectivity index (χ3v) is 4.03. The molecular formula is C11H14S3. The second kappa shape index (κ2) is 7.32. The molecule has 0 unspecified atom stereocenters. The number of rotatable bonds is 6. The van der Waals surface area contributed by atoms with E-state index in [0.29, 0.717) is 0 Å². The van der Waals surface area contributed by atoms with Crippen LogP contribution in [0.3, 0.4) is 0 Å². The predicted octanol–water partition coefficient (Wildman–Crippen LogP) is 4.14. The quantitative estimate of drug-likeness (QED) is 0.452. The molecule has 1 aromatic carbocycles. The molecule has 3 heteroatoms. The average Bonchev–Trinajstić information content (AvgIpc) is 2.25. The molecule has 0 aliphatic rings. The van der Waals surface area contributed by atoms with Crippen molar-refractivity contribution in [3.63, 3.8) is 0 Å². The zero-order valence-corrected chi connectivity index (χ0v) is 10.5. The summed E-state index contributed by atoms with van der Waals surface area (Å²) in [5.41, 5.74) is 2.56. The van der Waals surface area contributed by atoms with E-state index in [0.717, 1.165) is 17.3 Å². The maximum Gasteiger partial charge on any atom is 0.0184 e. The summed E-state index contributed by atoms with van der Waals surface area (Å²) in [4.78, 5) is 0. The molecule has 0 radical (unpaired) electrons. The van der Waals surface area contributed by atoms with E-state index < -0.39 is 0 Å². The predicted molar refractivity (Wildman–Crippen MR) is 74.1 cm³/mol. The number of hydrogen-bond donors (Lipinski definition) is 1. The topological polar surface area (TPSA) is 0 Å². The molecule has 0 saturated heterocycles. The molecule has 0 spiro atoms. The Morgan fingerprint density at radius 2 is 1.93 bits per heavy atom. The van der Waals surface area contributed by atoms with Crippen LogP contribution in [0.5, 0.6) is 0 Å². The van der Waals surface area contributed by atoms with Crippen molar-refractivity contribution in [3.8, 4) is 0 Å². The monoisotopic (exact) mass is 242 g/mol. The fourth-order valence-corrected chi connectivity index (χ4v) is 3.05. The van der Waals surface area contributed by atoms with E-state index in [-0.39, 0.29) is 0 Å². The van der Waals surface area contributed by atoms with Gasteiger partial charge in [-0.3, -0.25) is 0 Å². The molecule has 0 heterocycles. The highest BCUT2D eigenvalue weighted by molar-refractivity contribution is 8.68. The van der Waals surface area contributed by atoms with Gasteiger partial charge < -0.3 is 0 Å². The maximum absolute atomic E-state index is 4.10. The molecule has 0 saturated carbocycles. The van der Waals surface area contributed by atoms with Crippen LogP contribution in [0.15, 0.2) is 30.8 Å². The first-order valence-electron chi connectivity index (χ1n) is 4.42. The SMILES string of the molecule is C=Cc1ccc(CSCCSS)cc1. The Hall–Kier alpha value is 0.01000. The minimum absolute atomic E-state index is 1.09. The summed E-state index contributed by atoms with van der Waals surface area (Å²) in [6, 6.07) is 8.54. The summed E-state index contributed by atoms with van der Waals surface area (Å²) in [5.74, 6) is 3.36. The van der Waals surface area contributed by atoms with E-state index >= 15 is 0 Å². The van der Waals surface area contributed by atoms with Crippen molar-refractivity contribution in [2.45, 2.75) is 5.75 Å². The van der Waals surface area contributed by atoms with Gasteiger partial charge in [-0.25, -0.2) is 0 Å². The number of hydrogen-bond acceptors (Lipinski definition) is 3. The van der Waals surface area contributed by atoms with Crippen molar-refractivity contribution >= 4 is 40.3 Å². The Morgan fingerprint density at radius 1 is 1.21 bits per heavy atom. The van der Waals surface area contributed by atoms with E-state index in [9.17, 15) is 0 Å². The number of thioether (sulfide) groups is 1. The van der Waals surface area contributed by atoms with Crippen molar-refractivity contribution in [2.24, 2.45) is 0 Å². The van der Waals surface area contributed by atoms with Crippen LogP contribution >= 0.6 is 34.2 Å². The van der Waals surface area contributed by atoms with E-state index in [2.05, 4.69) is 42.5 Å². The summed E-state index contributed by atoms with van der Waals surface area (Å²) in [5, 5.41) is 0. The van der Waals surface area contributed by atoms with Gasteiger partial charge in [-0.15, -0.1) is 11.7 Å². The Kier molecular flexibility index (Phi) is 6.32. The largest absolute Gasteiger partial charge is 0.156 e. The van der Waals surface area contributed by atoms with Crippen LogP contribution < -0.4 is 0 Å². The third kappa shape index (κ3) is 4.49. The minimum atomic E-state index is 1.09. The molecule has 0 N–H and O–H groups in total. The first kappa shape index (κ1) is 12.1. The molecule has 14 heavy (non-hydrogen) atoms. The lowest BCUT2D eigenvalue weighted by atomic mass is 10.1. The van der Waals surface area contributed by atoms with E-state index in [1.165, 1.54) is 11.1 Å². The van der Waals surface area contributed by atoms with Gasteiger partial charge in [0.1, 0.15) is 0 Å². The molecule has 0 fully saturated rings. The average molecular weight is 242 g/mol. The van der Waals surface area contributed by atoms with Gasteiger partial charge in [0.05, 0.1) is 0 Å². The lowest BCUT2D eigenvalue weighted by Gasteiger charge is -2.01. The Balaban J connectivity index is 2.32. The molecule has 1 aromatic rings. The van der Waals surface area contributed by atoms with Crippen LogP contribution in [-0.2, 0) is 5.75 Å². The van der Waals surface area contributed by atoms with Crippen molar-refractivity contribution < 1.29 is 0 Å². The zero-order valence-electron chi connectivity index (χ0n) is 7.98. The molecule has 0 aromatic heterocycles. The van der Waals surface area contributed by atoms with Crippen molar-refractivity contribution in [1.29, 1.82) is 0 Å². The van der Waals surface area contributed by atoms with Gasteiger partial charge in [0.25, 0.3) is 0 Å². The van der Waals surface area contributed by atoms with E-state index in [1.54, 1.807) is 10.8 Å². The highest BCUT2D eigenvalue weighted by Gasteiger charge is 1.93. The van der Waals surface area contributed by atoms with Gasteiger partial charge in [0.15, 0.2) is 0 Å². The molecular weight excluding hydrogens is 228 g/mol. The van der Waals surface area contributed by atoms with Crippen molar-refractivity contribution in [1.82, 2.24) is 0 Å². The van der Waals surface area contributed by atoms with Gasteiger partial charge in [0.2, 0.25) is 0 Å². The van der Waals surface area contributed by atoms with Gasteiger partial charge in [0, 0.05) is 17.3 Å². The van der Waals surface area contributed by atoms with Crippen LogP contribution in [0.25, 0.3) is 6.08 Å². The Morgan fingerprint density at radius 3 is 2.50 bits per heavy atom. The summed E-state index contributed by atoms with van der Waals surface area (Å²) >= 11 is 6.05. The molecule has 0 aliphatic carbocycles. The second-order valence-corrected chi connectivity index (χ2v) is 5.38. The summed E-state index contributed by atoms with van der Waals surface area (Å²) in [6.45, 7) is 3.73. The smallest absolute Gasteiger partial charge is 0.0184 e. The summed E-state index contributed by atoms with van der Waals surface area (Å²) in [7, 11) is 1.60. The van der Waals surface area contributed by atoms with Crippen LogP contribution in [0.2, 0.25) is 0 Å². The molecule has 0 atom stereocenters. The normalized spacial score (nSPS) is 10.1. The number of benzene rings is 1. The maximum atomic E-state index is 4.10. The molecule has 0 aliphatic heterocycles. The lowest BCUT2D eigenvalue weighted by Crippen LogP contribution is -1.85. The van der Waals surface area contributed by atoms with E-state index in [1.807, 2.05) is 17.8 Å².